The van der Waals surface area contributed by atoms with Crippen LogP contribution in [0.25, 0.3) is 22.3 Å². The number of hydrogen-bond donors (Lipinski definition) is 0. The van der Waals surface area contributed by atoms with E-state index in [1.54, 1.807) is 6.92 Å². The van der Waals surface area contributed by atoms with Crippen LogP contribution in [0.5, 0.6) is 5.75 Å². The molecule has 0 aromatic heterocycles. The van der Waals surface area contributed by atoms with Gasteiger partial charge in [-0.1, -0.05) is 30.3 Å². The van der Waals surface area contributed by atoms with Crippen molar-refractivity contribution >= 4 is 0 Å². The number of aryl methyl sites for hydroxylation is 1. The van der Waals surface area contributed by atoms with Gasteiger partial charge in [-0.05, 0) is 50.3 Å². The van der Waals surface area contributed by atoms with E-state index in [0.29, 0.717) is 13.0 Å². The summed E-state index contributed by atoms with van der Waals surface area (Å²) >= 11 is 0. The van der Waals surface area contributed by atoms with Gasteiger partial charge in [0, 0.05) is 28.2 Å². The molecule has 0 N–H and O–H groups in total. The molecule has 8 heteroatoms. The van der Waals surface area contributed by atoms with Crippen molar-refractivity contribution in [3.63, 3.8) is 0 Å². The SMILES string of the molecule is C=CC1CCC(CCc2ccc(-c3ccc(-c4ccc(OCC)c(F)c4F)c(F)c3F)c(F)c2F)OC1. The van der Waals surface area contributed by atoms with Gasteiger partial charge in [-0.15, -0.1) is 6.58 Å². The van der Waals surface area contributed by atoms with Crippen molar-refractivity contribution in [1.82, 2.24) is 0 Å². The fourth-order valence-corrected chi connectivity index (χ4v) is 4.52. The van der Waals surface area contributed by atoms with Crippen molar-refractivity contribution in [2.45, 2.75) is 38.7 Å². The van der Waals surface area contributed by atoms with Gasteiger partial charge in [-0.3, -0.25) is 0 Å². The molecule has 0 aliphatic carbocycles. The van der Waals surface area contributed by atoms with E-state index in [2.05, 4.69) is 6.58 Å². The first-order chi connectivity index (χ1) is 17.8. The molecular weight excluding hydrogens is 494 g/mol. The minimum Gasteiger partial charge on any atom is -0.491 e. The Hall–Kier alpha value is -3.26. The molecule has 2 atom stereocenters. The highest BCUT2D eigenvalue weighted by Crippen LogP contribution is 2.37. The summed E-state index contributed by atoms with van der Waals surface area (Å²) in [6.45, 7) is 5.95. The maximum absolute atomic E-state index is 15.0. The molecule has 0 bridgehead atoms. The van der Waals surface area contributed by atoms with Crippen LogP contribution in [0.2, 0.25) is 0 Å². The molecule has 37 heavy (non-hydrogen) atoms. The zero-order valence-corrected chi connectivity index (χ0v) is 20.2. The topological polar surface area (TPSA) is 18.5 Å². The lowest BCUT2D eigenvalue weighted by Gasteiger charge is -2.27. The lowest BCUT2D eigenvalue weighted by Crippen LogP contribution is -2.25. The summed E-state index contributed by atoms with van der Waals surface area (Å²) in [6.07, 6.45) is 4.16. The second kappa shape index (κ2) is 11.4. The molecule has 2 nitrogen and oxygen atoms in total. The van der Waals surface area contributed by atoms with Crippen molar-refractivity contribution in [2.75, 3.05) is 13.2 Å². The Morgan fingerprint density at radius 1 is 0.784 bits per heavy atom. The number of hydrogen-bond acceptors (Lipinski definition) is 2. The maximum atomic E-state index is 15.0. The summed E-state index contributed by atoms with van der Waals surface area (Å²) in [4.78, 5) is 0. The molecule has 1 fully saturated rings. The van der Waals surface area contributed by atoms with Crippen molar-refractivity contribution < 1.29 is 35.8 Å². The van der Waals surface area contributed by atoms with E-state index in [1.807, 2.05) is 6.08 Å². The fourth-order valence-electron chi connectivity index (χ4n) is 4.52. The van der Waals surface area contributed by atoms with Gasteiger partial charge in [0.1, 0.15) is 0 Å². The van der Waals surface area contributed by atoms with Crippen LogP contribution in [-0.4, -0.2) is 19.3 Å². The Morgan fingerprint density at radius 2 is 1.32 bits per heavy atom. The zero-order valence-electron chi connectivity index (χ0n) is 20.2. The summed E-state index contributed by atoms with van der Waals surface area (Å²) < 4.78 is 99.2. The first-order valence-corrected chi connectivity index (χ1v) is 12.1. The monoisotopic (exact) mass is 520 g/mol. The number of ether oxygens (including phenoxy) is 2. The second-order valence-electron chi connectivity index (χ2n) is 8.93. The van der Waals surface area contributed by atoms with Gasteiger partial charge in [-0.25, -0.2) is 22.0 Å². The molecule has 2 unspecified atom stereocenters. The van der Waals surface area contributed by atoms with Crippen LogP contribution in [0.15, 0.2) is 49.1 Å². The largest absolute Gasteiger partial charge is 0.491 e. The van der Waals surface area contributed by atoms with Crippen LogP contribution in [0.1, 0.15) is 31.7 Å². The summed E-state index contributed by atoms with van der Waals surface area (Å²) in [6, 6.07) is 6.67. The summed E-state index contributed by atoms with van der Waals surface area (Å²) in [7, 11) is 0. The molecule has 0 saturated carbocycles. The summed E-state index contributed by atoms with van der Waals surface area (Å²) in [5, 5.41) is 0. The molecular formula is C29H26F6O2. The van der Waals surface area contributed by atoms with Crippen molar-refractivity contribution in [3.05, 3.63) is 89.5 Å². The van der Waals surface area contributed by atoms with Gasteiger partial charge in [-0.2, -0.15) is 4.39 Å². The smallest absolute Gasteiger partial charge is 0.201 e. The number of benzene rings is 3. The Kier molecular flexibility index (Phi) is 8.27. The Balaban J connectivity index is 1.58. The quantitative estimate of drug-likeness (QED) is 0.220. The average Bonchev–Trinajstić information content (AvgIpc) is 2.90. The molecule has 0 amide bonds. The molecule has 3 aromatic rings. The lowest BCUT2D eigenvalue weighted by molar-refractivity contribution is -0.00789. The average molecular weight is 521 g/mol. The van der Waals surface area contributed by atoms with E-state index in [0.717, 1.165) is 37.1 Å². The predicted molar refractivity (Wildman–Crippen MR) is 129 cm³/mol. The normalized spacial score (nSPS) is 17.6. The third-order valence-corrected chi connectivity index (χ3v) is 6.65. The molecule has 1 saturated heterocycles. The highest BCUT2D eigenvalue weighted by atomic mass is 19.2. The predicted octanol–water partition coefficient (Wildman–Crippen LogP) is 8.17. The summed E-state index contributed by atoms with van der Waals surface area (Å²) in [5.41, 5.74) is -2.02. The van der Waals surface area contributed by atoms with Crippen molar-refractivity contribution in [1.29, 1.82) is 0 Å². The molecule has 4 rings (SSSR count). The molecule has 0 radical (unpaired) electrons. The van der Waals surface area contributed by atoms with Gasteiger partial charge in [0.25, 0.3) is 0 Å². The number of halogens is 6. The van der Waals surface area contributed by atoms with Crippen molar-refractivity contribution in [2.24, 2.45) is 5.92 Å². The van der Waals surface area contributed by atoms with Crippen molar-refractivity contribution in [3.8, 4) is 28.0 Å². The van der Waals surface area contributed by atoms with Crippen LogP contribution in [0.4, 0.5) is 26.3 Å². The highest BCUT2D eigenvalue weighted by Gasteiger charge is 2.25. The molecule has 196 valence electrons. The number of rotatable bonds is 8. The van der Waals surface area contributed by atoms with Gasteiger partial charge in [0.15, 0.2) is 34.8 Å². The van der Waals surface area contributed by atoms with Crippen LogP contribution in [0.3, 0.4) is 0 Å². The Morgan fingerprint density at radius 3 is 1.86 bits per heavy atom. The third-order valence-electron chi connectivity index (χ3n) is 6.65. The molecule has 0 spiro atoms. The first kappa shape index (κ1) is 26.8. The molecule has 1 heterocycles. The van der Waals surface area contributed by atoms with Crippen LogP contribution >= 0.6 is 0 Å². The van der Waals surface area contributed by atoms with E-state index < -0.39 is 57.2 Å². The highest BCUT2D eigenvalue weighted by molar-refractivity contribution is 5.73. The van der Waals surface area contributed by atoms with Crippen LogP contribution in [-0.2, 0) is 11.2 Å². The standard InChI is InChI=1S/C29H26F6O2/c1-3-16-5-8-18(37-15-16)9-6-17-7-10-19(25(31)24(17)30)20-11-12-21(27(33)26(20)32)22-13-14-23(36-4-2)29(35)28(22)34/h3,7,10-14,16,18H,1,4-6,8-9,15H2,2H3. The Labute approximate surface area is 211 Å². The summed E-state index contributed by atoms with van der Waals surface area (Å²) in [5.74, 6) is -8.34. The molecule has 1 aliphatic rings. The van der Waals surface area contributed by atoms with Crippen LogP contribution < -0.4 is 4.74 Å². The van der Waals surface area contributed by atoms with E-state index in [1.165, 1.54) is 12.1 Å². The van der Waals surface area contributed by atoms with E-state index in [4.69, 9.17) is 9.47 Å². The molecule has 3 aromatic carbocycles. The minimum atomic E-state index is -1.52. The van der Waals surface area contributed by atoms with E-state index in [-0.39, 0.29) is 36.4 Å². The van der Waals surface area contributed by atoms with Gasteiger partial charge in [0.2, 0.25) is 5.82 Å². The zero-order chi connectivity index (χ0) is 26.7. The maximum Gasteiger partial charge on any atom is 0.201 e. The van der Waals surface area contributed by atoms with Crippen LogP contribution in [0, 0.1) is 40.8 Å². The van der Waals surface area contributed by atoms with Gasteiger partial charge >= 0.3 is 0 Å². The van der Waals surface area contributed by atoms with E-state index in [9.17, 15) is 22.0 Å². The third kappa shape index (κ3) is 5.39. The lowest BCUT2D eigenvalue weighted by atomic mass is 9.94. The minimum absolute atomic E-state index is 0.0785. The van der Waals surface area contributed by atoms with Gasteiger partial charge < -0.3 is 9.47 Å². The molecule has 1 aliphatic heterocycles. The first-order valence-electron chi connectivity index (χ1n) is 12.1. The Bertz CT molecular complexity index is 1300. The van der Waals surface area contributed by atoms with Gasteiger partial charge in [0.05, 0.1) is 19.3 Å². The van der Waals surface area contributed by atoms with E-state index >= 15 is 4.39 Å². The second-order valence-corrected chi connectivity index (χ2v) is 8.93. The fraction of sp³-hybridized carbons (Fsp3) is 0.310.